The average Bonchev–Trinajstić information content (AvgIpc) is 2.56. The van der Waals surface area contributed by atoms with Crippen LogP contribution < -0.4 is 0 Å². The lowest BCUT2D eigenvalue weighted by atomic mass is 9.83. The summed E-state index contributed by atoms with van der Waals surface area (Å²) in [5.74, 6) is 0.369. The van der Waals surface area contributed by atoms with Crippen molar-refractivity contribution in [3.05, 3.63) is 0 Å². The first-order valence-electron chi connectivity index (χ1n) is 8.51. The summed E-state index contributed by atoms with van der Waals surface area (Å²) in [6.07, 6.45) is 5.89. The van der Waals surface area contributed by atoms with Gasteiger partial charge in [-0.15, -0.1) is 0 Å². The highest BCUT2D eigenvalue weighted by molar-refractivity contribution is 6.74. The van der Waals surface area contributed by atoms with Gasteiger partial charge in [0, 0.05) is 6.42 Å². The van der Waals surface area contributed by atoms with Gasteiger partial charge in [0.2, 0.25) is 0 Å². The normalized spacial score (nSPS) is 35.2. The van der Waals surface area contributed by atoms with Crippen LogP contribution in [-0.4, -0.2) is 30.9 Å². The number of hydrogen-bond acceptors (Lipinski definition) is 3. The number of carbonyl (C=O) groups excluding carboxylic acids is 1. The van der Waals surface area contributed by atoms with Crippen LogP contribution in [0, 0.1) is 5.92 Å². The Hall–Kier alpha value is -0.193. The van der Waals surface area contributed by atoms with E-state index in [0.717, 1.165) is 32.1 Å². The largest absolute Gasteiger partial charge is 0.410 e. The fourth-order valence-corrected chi connectivity index (χ4v) is 4.88. The molecule has 3 atom stereocenters. The minimum absolute atomic E-state index is 0.0237. The van der Waals surface area contributed by atoms with Crippen LogP contribution in [0.5, 0.6) is 0 Å². The van der Waals surface area contributed by atoms with Gasteiger partial charge < -0.3 is 9.53 Å². The molecular weight excluding hydrogens is 280 g/mol. The zero-order valence-electron chi connectivity index (χ0n) is 14.4. The number of rotatable bonds is 2. The molecule has 21 heavy (non-hydrogen) atoms. The molecule has 2 aliphatic rings. The van der Waals surface area contributed by atoms with Gasteiger partial charge in [0.25, 0.3) is 0 Å². The third-order valence-electron chi connectivity index (χ3n) is 5.97. The third-order valence-corrected chi connectivity index (χ3v) is 10.4. The first-order valence-corrected chi connectivity index (χ1v) is 11.4. The van der Waals surface area contributed by atoms with Gasteiger partial charge in [-0.1, -0.05) is 33.6 Å². The summed E-state index contributed by atoms with van der Waals surface area (Å²) in [7, 11) is -1.99. The lowest BCUT2D eigenvalue weighted by Crippen LogP contribution is -2.57. The summed E-state index contributed by atoms with van der Waals surface area (Å²) in [5.41, 5.74) is -1.23. The van der Waals surface area contributed by atoms with Crippen LogP contribution in [0.1, 0.15) is 65.7 Å². The standard InChI is InChI=1S/C17H32O3Si/c1-16(2,3)21(4,5)20-15-13-9-6-7-12-17(15,19)14(18)11-8-10-13/h13,15,19H,6-12H2,1-5H3/t13-,15+,17-/m1/s1. The lowest BCUT2D eigenvalue weighted by Gasteiger charge is -2.45. The number of hydrogen-bond donors (Lipinski definition) is 1. The van der Waals surface area contributed by atoms with Crippen molar-refractivity contribution in [3.8, 4) is 0 Å². The molecule has 0 aromatic heterocycles. The van der Waals surface area contributed by atoms with Crippen molar-refractivity contribution in [2.75, 3.05) is 0 Å². The van der Waals surface area contributed by atoms with Crippen LogP contribution in [-0.2, 0) is 9.22 Å². The third kappa shape index (κ3) is 3.27. The summed E-state index contributed by atoms with van der Waals surface area (Å²) >= 11 is 0. The van der Waals surface area contributed by atoms with Crippen LogP contribution in [0.4, 0.5) is 0 Å². The topological polar surface area (TPSA) is 46.5 Å². The van der Waals surface area contributed by atoms with E-state index in [-0.39, 0.29) is 16.9 Å². The molecule has 3 nitrogen and oxygen atoms in total. The number of carbonyl (C=O) groups is 1. The Labute approximate surface area is 130 Å². The van der Waals surface area contributed by atoms with Crippen molar-refractivity contribution < 1.29 is 14.3 Å². The zero-order chi connectivity index (χ0) is 15.9. The number of ketones is 1. The second-order valence-corrected chi connectivity index (χ2v) is 13.3. The number of fused-ring (bicyclic) bond motifs is 2. The molecule has 2 rings (SSSR count). The number of Topliss-reactive ketones (excluding diaryl/α,β-unsaturated/α-hetero) is 1. The molecule has 0 aromatic rings. The van der Waals surface area contributed by atoms with Crippen molar-refractivity contribution >= 4 is 14.1 Å². The minimum atomic E-state index is -1.99. The summed E-state index contributed by atoms with van der Waals surface area (Å²) < 4.78 is 6.61. The zero-order valence-corrected chi connectivity index (χ0v) is 15.4. The molecule has 122 valence electrons. The summed E-state index contributed by atoms with van der Waals surface area (Å²) in [6.45, 7) is 11.1. The van der Waals surface area contributed by atoms with Crippen LogP contribution in [0.2, 0.25) is 18.1 Å². The molecule has 2 saturated carbocycles. The van der Waals surface area contributed by atoms with Crippen LogP contribution in [0.3, 0.4) is 0 Å². The van der Waals surface area contributed by atoms with E-state index < -0.39 is 13.9 Å². The highest BCUT2D eigenvalue weighted by Gasteiger charge is 2.53. The van der Waals surface area contributed by atoms with E-state index in [1.807, 2.05) is 0 Å². The Balaban J connectivity index is 2.35. The van der Waals surface area contributed by atoms with Gasteiger partial charge in [0.15, 0.2) is 14.1 Å². The van der Waals surface area contributed by atoms with Crippen molar-refractivity contribution in [2.24, 2.45) is 5.92 Å². The molecule has 0 aliphatic heterocycles. The summed E-state index contributed by atoms with van der Waals surface area (Å²) in [4.78, 5) is 12.5. The van der Waals surface area contributed by atoms with Crippen molar-refractivity contribution in [3.63, 3.8) is 0 Å². The SMILES string of the molecule is CC(C)(C)[Si](C)(C)O[C@H]1[C@@H]2CCCC[C@@]1(O)C(=O)CCC2. The Morgan fingerprint density at radius 2 is 1.81 bits per heavy atom. The number of aliphatic hydroxyl groups is 1. The molecule has 0 radical (unpaired) electrons. The van der Waals surface area contributed by atoms with Crippen molar-refractivity contribution in [1.82, 2.24) is 0 Å². The van der Waals surface area contributed by atoms with Crippen LogP contribution >= 0.6 is 0 Å². The molecule has 0 heterocycles. The Morgan fingerprint density at radius 3 is 2.43 bits per heavy atom. The molecule has 0 spiro atoms. The predicted octanol–water partition coefficient (Wildman–Crippen LogP) is 4.05. The molecule has 2 aliphatic carbocycles. The molecular formula is C17H32O3Si. The van der Waals surface area contributed by atoms with E-state index in [2.05, 4.69) is 33.9 Å². The quantitative estimate of drug-likeness (QED) is 0.782. The van der Waals surface area contributed by atoms with Gasteiger partial charge in [-0.05, 0) is 49.7 Å². The molecule has 0 amide bonds. The average molecular weight is 313 g/mol. The molecule has 0 unspecified atom stereocenters. The van der Waals surface area contributed by atoms with E-state index in [9.17, 15) is 9.90 Å². The van der Waals surface area contributed by atoms with E-state index in [1.54, 1.807) is 0 Å². The van der Waals surface area contributed by atoms with Crippen LogP contribution in [0.15, 0.2) is 0 Å². The van der Waals surface area contributed by atoms with Gasteiger partial charge in [0.1, 0.15) is 5.60 Å². The maximum absolute atomic E-state index is 12.5. The lowest BCUT2D eigenvalue weighted by molar-refractivity contribution is -0.151. The fraction of sp³-hybridized carbons (Fsp3) is 0.941. The molecule has 0 saturated heterocycles. The summed E-state index contributed by atoms with van der Waals surface area (Å²) in [6, 6.07) is 0. The highest BCUT2D eigenvalue weighted by Crippen LogP contribution is 2.45. The molecule has 2 fully saturated rings. The van der Waals surface area contributed by atoms with E-state index in [0.29, 0.717) is 18.8 Å². The fourth-order valence-electron chi connectivity index (χ4n) is 3.51. The monoisotopic (exact) mass is 312 g/mol. The van der Waals surface area contributed by atoms with E-state index in [1.165, 1.54) is 0 Å². The Bertz CT molecular complexity index is 399. The predicted molar refractivity (Wildman–Crippen MR) is 87.8 cm³/mol. The molecule has 1 N–H and O–H groups in total. The Kier molecular flexibility index (Phi) is 4.73. The summed E-state index contributed by atoms with van der Waals surface area (Å²) in [5, 5.41) is 11.3. The first kappa shape index (κ1) is 17.2. The van der Waals surface area contributed by atoms with E-state index >= 15 is 0 Å². The van der Waals surface area contributed by atoms with Crippen molar-refractivity contribution in [1.29, 1.82) is 0 Å². The molecule has 2 bridgehead atoms. The Morgan fingerprint density at radius 1 is 1.19 bits per heavy atom. The second kappa shape index (κ2) is 5.78. The maximum atomic E-state index is 12.5. The second-order valence-electron chi connectivity index (χ2n) is 8.54. The van der Waals surface area contributed by atoms with Gasteiger partial charge in [-0.2, -0.15) is 0 Å². The molecule has 0 aromatic carbocycles. The highest BCUT2D eigenvalue weighted by atomic mass is 28.4. The van der Waals surface area contributed by atoms with Gasteiger partial charge >= 0.3 is 0 Å². The minimum Gasteiger partial charge on any atom is -0.410 e. The van der Waals surface area contributed by atoms with Gasteiger partial charge in [-0.25, -0.2) is 0 Å². The van der Waals surface area contributed by atoms with Gasteiger partial charge in [-0.3, -0.25) is 4.79 Å². The smallest absolute Gasteiger partial charge is 0.192 e. The van der Waals surface area contributed by atoms with Crippen molar-refractivity contribution in [2.45, 2.75) is 95.6 Å². The van der Waals surface area contributed by atoms with Gasteiger partial charge in [0.05, 0.1) is 6.10 Å². The van der Waals surface area contributed by atoms with Crippen LogP contribution in [0.25, 0.3) is 0 Å². The first-order chi connectivity index (χ1) is 9.58. The van der Waals surface area contributed by atoms with E-state index in [4.69, 9.17) is 4.43 Å². The maximum Gasteiger partial charge on any atom is 0.192 e. The molecule has 4 heteroatoms.